The second-order valence-corrected chi connectivity index (χ2v) is 3.71. The third-order valence-electron chi connectivity index (χ3n) is 2.44. The molecule has 0 bridgehead atoms. The van der Waals surface area contributed by atoms with Crippen LogP contribution in [0.15, 0.2) is 18.5 Å². The Morgan fingerprint density at radius 3 is 3.17 bits per heavy atom. The molecule has 0 aliphatic carbocycles. The molecule has 0 amide bonds. The number of aromatic nitrogens is 2. The molecule has 0 spiro atoms. The van der Waals surface area contributed by atoms with Gasteiger partial charge in [0.15, 0.2) is 0 Å². The lowest BCUT2D eigenvalue weighted by atomic mass is 10.2. The molecule has 2 aromatic heterocycles. The van der Waals surface area contributed by atoms with Crippen LogP contribution in [0.2, 0.25) is 0 Å². The number of aromatic amines is 1. The molecule has 0 unspecified atom stereocenters. The fourth-order valence-corrected chi connectivity index (χ4v) is 1.56. The third-order valence-corrected chi connectivity index (χ3v) is 2.44. The van der Waals surface area contributed by atoms with Crippen molar-refractivity contribution in [2.75, 3.05) is 13.6 Å². The summed E-state index contributed by atoms with van der Waals surface area (Å²) in [6.45, 7) is 0.812. The molecule has 2 N–H and O–H groups in total. The molecule has 6 nitrogen and oxygen atoms in total. The van der Waals surface area contributed by atoms with Crippen molar-refractivity contribution in [2.24, 2.45) is 0 Å². The number of hydrogen-bond donors (Lipinski definition) is 2. The first-order valence-corrected chi connectivity index (χ1v) is 5.47. The number of H-pyrrole nitrogens is 1. The van der Waals surface area contributed by atoms with Gasteiger partial charge in [-0.15, -0.1) is 0 Å². The molecule has 0 saturated carbocycles. The van der Waals surface area contributed by atoms with E-state index in [0.29, 0.717) is 16.6 Å². The highest BCUT2D eigenvalue weighted by Gasteiger charge is 2.14. The van der Waals surface area contributed by atoms with Gasteiger partial charge in [-0.25, -0.2) is 4.98 Å². The van der Waals surface area contributed by atoms with Crippen LogP contribution in [-0.2, 0) is 0 Å². The highest BCUT2D eigenvalue weighted by molar-refractivity contribution is 5.86. The molecule has 2 heterocycles. The molecule has 6 heteroatoms. The Morgan fingerprint density at radius 2 is 2.44 bits per heavy atom. The summed E-state index contributed by atoms with van der Waals surface area (Å²) in [4.78, 5) is 17.2. The first-order chi connectivity index (χ1) is 8.72. The molecule has 0 aromatic carbocycles. The van der Waals surface area contributed by atoms with Crippen molar-refractivity contribution in [2.45, 2.75) is 6.42 Å². The minimum Gasteiger partial charge on any atom is -0.340 e. The molecular formula is C12H12N4O2. The summed E-state index contributed by atoms with van der Waals surface area (Å²) in [7, 11) is 1.86. The Labute approximate surface area is 104 Å². The molecule has 0 atom stereocenters. The molecule has 0 saturated heterocycles. The van der Waals surface area contributed by atoms with Gasteiger partial charge in [0.25, 0.3) is 5.69 Å². The second kappa shape index (κ2) is 5.29. The van der Waals surface area contributed by atoms with E-state index in [2.05, 4.69) is 27.1 Å². The Morgan fingerprint density at radius 1 is 1.61 bits per heavy atom. The normalized spacial score (nSPS) is 10.1. The maximum atomic E-state index is 10.8. The van der Waals surface area contributed by atoms with Gasteiger partial charge in [-0.2, -0.15) is 0 Å². The Kier molecular flexibility index (Phi) is 3.55. The predicted molar refractivity (Wildman–Crippen MR) is 68.2 cm³/mol. The van der Waals surface area contributed by atoms with E-state index in [1.807, 2.05) is 7.05 Å². The molecule has 2 rings (SSSR count). The van der Waals surface area contributed by atoms with E-state index < -0.39 is 4.92 Å². The van der Waals surface area contributed by atoms with Gasteiger partial charge in [-0.05, 0) is 13.1 Å². The summed E-state index contributed by atoms with van der Waals surface area (Å²) in [5, 5.41) is 14.3. The average molecular weight is 244 g/mol. The van der Waals surface area contributed by atoms with Crippen LogP contribution in [0.4, 0.5) is 5.69 Å². The molecule has 92 valence electrons. The molecule has 0 aliphatic rings. The zero-order chi connectivity index (χ0) is 13.0. The summed E-state index contributed by atoms with van der Waals surface area (Å²) < 4.78 is 0. The van der Waals surface area contributed by atoms with Gasteiger partial charge in [-0.1, -0.05) is 11.8 Å². The molecule has 18 heavy (non-hydrogen) atoms. The lowest BCUT2D eigenvalue weighted by molar-refractivity contribution is -0.383. The van der Waals surface area contributed by atoms with Crippen LogP contribution in [-0.4, -0.2) is 28.5 Å². The minimum absolute atomic E-state index is 0.0244. The van der Waals surface area contributed by atoms with Crippen molar-refractivity contribution in [1.29, 1.82) is 0 Å². The van der Waals surface area contributed by atoms with Crippen molar-refractivity contribution >= 4 is 16.7 Å². The summed E-state index contributed by atoms with van der Waals surface area (Å²) in [5.41, 5.74) is 1.21. The number of nitrogens with one attached hydrogen (secondary N) is 2. The molecule has 0 fully saturated rings. The van der Waals surface area contributed by atoms with Gasteiger partial charge in [0.05, 0.1) is 16.5 Å². The van der Waals surface area contributed by atoms with Crippen LogP contribution in [0.1, 0.15) is 12.0 Å². The van der Waals surface area contributed by atoms with Crippen molar-refractivity contribution in [1.82, 2.24) is 15.3 Å². The highest BCUT2D eigenvalue weighted by Crippen LogP contribution is 2.23. The van der Waals surface area contributed by atoms with Gasteiger partial charge >= 0.3 is 0 Å². The molecule has 0 aliphatic heterocycles. The van der Waals surface area contributed by atoms with E-state index in [4.69, 9.17) is 0 Å². The number of hydrogen-bond acceptors (Lipinski definition) is 4. The number of nitro groups is 1. The summed E-state index contributed by atoms with van der Waals surface area (Å²) in [5.74, 6) is 5.91. The quantitative estimate of drug-likeness (QED) is 0.370. The number of nitrogens with zero attached hydrogens (tertiary/aromatic N) is 2. The summed E-state index contributed by atoms with van der Waals surface area (Å²) in [6.07, 6.45) is 3.68. The summed E-state index contributed by atoms with van der Waals surface area (Å²) in [6, 6.07) is 1.68. The Hall–Kier alpha value is -2.39. The number of fused-ring (bicyclic) bond motifs is 1. The zero-order valence-electron chi connectivity index (χ0n) is 9.86. The topological polar surface area (TPSA) is 83.8 Å². The average Bonchev–Trinajstić information content (AvgIpc) is 2.77. The van der Waals surface area contributed by atoms with E-state index in [1.165, 1.54) is 6.20 Å². The summed E-state index contributed by atoms with van der Waals surface area (Å²) >= 11 is 0. The number of pyridine rings is 1. The standard InChI is InChI=1S/C12H12N4O2/c1-13-5-3-2-4-9-6-10-11(16(17)18)8-15-12(10)14-7-9/h6-8,13H,3,5H2,1H3,(H,14,15). The maximum Gasteiger partial charge on any atom is 0.296 e. The van der Waals surface area contributed by atoms with Crippen LogP contribution in [0, 0.1) is 22.0 Å². The Balaban J connectivity index is 2.32. The molecule has 2 aromatic rings. The van der Waals surface area contributed by atoms with Crippen molar-refractivity contribution < 1.29 is 4.92 Å². The molecule has 0 radical (unpaired) electrons. The smallest absolute Gasteiger partial charge is 0.296 e. The van der Waals surface area contributed by atoms with Crippen LogP contribution in [0.3, 0.4) is 0 Å². The lowest BCUT2D eigenvalue weighted by Crippen LogP contribution is -2.05. The third kappa shape index (κ3) is 2.47. The van der Waals surface area contributed by atoms with Crippen molar-refractivity contribution in [3.05, 3.63) is 34.1 Å². The predicted octanol–water partition coefficient (Wildman–Crippen LogP) is 1.43. The van der Waals surface area contributed by atoms with Crippen molar-refractivity contribution in [3.8, 4) is 11.8 Å². The Bertz CT molecular complexity index is 636. The van der Waals surface area contributed by atoms with Crippen LogP contribution < -0.4 is 5.32 Å². The monoisotopic (exact) mass is 244 g/mol. The van der Waals surface area contributed by atoms with Crippen LogP contribution >= 0.6 is 0 Å². The first-order valence-electron chi connectivity index (χ1n) is 5.47. The zero-order valence-corrected chi connectivity index (χ0v) is 9.86. The lowest BCUT2D eigenvalue weighted by Gasteiger charge is -1.92. The fourth-order valence-electron chi connectivity index (χ4n) is 1.56. The van der Waals surface area contributed by atoms with E-state index in [0.717, 1.165) is 13.0 Å². The van der Waals surface area contributed by atoms with Crippen LogP contribution in [0.25, 0.3) is 11.0 Å². The second-order valence-electron chi connectivity index (χ2n) is 3.71. The van der Waals surface area contributed by atoms with Gasteiger partial charge in [-0.3, -0.25) is 10.1 Å². The SMILES string of the molecule is CNCCC#Cc1cnc2[nH]cc([N+](=O)[O-])c2c1. The highest BCUT2D eigenvalue weighted by atomic mass is 16.6. The van der Waals surface area contributed by atoms with Crippen LogP contribution in [0.5, 0.6) is 0 Å². The van der Waals surface area contributed by atoms with Gasteiger partial charge in [0, 0.05) is 24.7 Å². The van der Waals surface area contributed by atoms with Crippen molar-refractivity contribution in [3.63, 3.8) is 0 Å². The fraction of sp³-hybridized carbons (Fsp3) is 0.250. The molecular weight excluding hydrogens is 232 g/mol. The van der Waals surface area contributed by atoms with Gasteiger partial charge in [0.1, 0.15) is 5.65 Å². The minimum atomic E-state index is -0.432. The van der Waals surface area contributed by atoms with E-state index >= 15 is 0 Å². The van der Waals surface area contributed by atoms with E-state index in [-0.39, 0.29) is 5.69 Å². The number of rotatable bonds is 3. The maximum absolute atomic E-state index is 10.8. The van der Waals surface area contributed by atoms with E-state index in [9.17, 15) is 10.1 Å². The largest absolute Gasteiger partial charge is 0.340 e. The van der Waals surface area contributed by atoms with Gasteiger partial charge < -0.3 is 10.3 Å². The first kappa shape index (κ1) is 12.1. The van der Waals surface area contributed by atoms with E-state index in [1.54, 1.807) is 12.3 Å². The van der Waals surface area contributed by atoms with Gasteiger partial charge in [0.2, 0.25) is 0 Å².